The minimum absolute atomic E-state index is 0.0187. The Morgan fingerprint density at radius 2 is 1.69 bits per heavy atom. The number of hydrogen-bond donors (Lipinski definition) is 1. The Morgan fingerprint density at radius 3 is 2.06 bits per heavy atom. The highest BCUT2D eigenvalue weighted by molar-refractivity contribution is 5.84. The summed E-state index contributed by atoms with van der Waals surface area (Å²) in [5.41, 5.74) is -0.0187. The van der Waals surface area contributed by atoms with Crippen molar-refractivity contribution in [2.24, 2.45) is 5.41 Å². The van der Waals surface area contributed by atoms with Crippen molar-refractivity contribution in [3.8, 4) is 0 Å². The minimum Gasteiger partial charge on any atom is -0.373 e. The molecule has 1 heterocycles. The lowest BCUT2D eigenvalue weighted by molar-refractivity contribution is 0.0539. The summed E-state index contributed by atoms with van der Waals surface area (Å²) in [6.07, 6.45) is -0.115. The highest BCUT2D eigenvalue weighted by atomic mass is 16.5. The molecule has 94 valence electrons. The Morgan fingerprint density at radius 1 is 1.19 bits per heavy atom. The predicted octanol–water partition coefficient (Wildman–Crippen LogP) is 1.27. The smallest absolute Gasteiger partial charge is 0.126 e. The van der Waals surface area contributed by atoms with Gasteiger partial charge in [-0.15, -0.1) is 0 Å². The zero-order valence-corrected chi connectivity index (χ0v) is 11.2. The molecule has 16 heavy (non-hydrogen) atoms. The van der Waals surface area contributed by atoms with Gasteiger partial charge in [-0.05, 0) is 12.5 Å². The van der Waals surface area contributed by atoms with E-state index in [1.807, 2.05) is 0 Å². The van der Waals surface area contributed by atoms with Gasteiger partial charge in [-0.25, -0.2) is 0 Å². The van der Waals surface area contributed by atoms with Gasteiger partial charge in [-0.1, -0.05) is 20.8 Å². The molecule has 1 aliphatic rings. The second kappa shape index (κ2) is 5.15. The molecule has 0 radical (unpaired) electrons. The largest absolute Gasteiger partial charge is 0.373 e. The summed E-state index contributed by atoms with van der Waals surface area (Å²) >= 11 is 0. The SMILES string of the molecule is COC(C(=N)N1CCN(C)CC1)C(C)(C)C. The molecule has 1 atom stereocenters. The summed E-state index contributed by atoms with van der Waals surface area (Å²) < 4.78 is 5.48. The highest BCUT2D eigenvalue weighted by Crippen LogP contribution is 2.24. The summed E-state index contributed by atoms with van der Waals surface area (Å²) in [4.78, 5) is 4.43. The second-order valence-electron chi connectivity index (χ2n) is 5.66. The van der Waals surface area contributed by atoms with Crippen molar-refractivity contribution in [1.29, 1.82) is 5.41 Å². The molecule has 4 heteroatoms. The van der Waals surface area contributed by atoms with Gasteiger partial charge >= 0.3 is 0 Å². The topological polar surface area (TPSA) is 39.6 Å². The molecule has 4 nitrogen and oxygen atoms in total. The van der Waals surface area contributed by atoms with Gasteiger partial charge in [0.1, 0.15) is 11.9 Å². The Labute approximate surface area is 99.1 Å². The summed E-state index contributed by atoms with van der Waals surface area (Å²) in [6, 6.07) is 0. The maximum Gasteiger partial charge on any atom is 0.126 e. The maximum absolute atomic E-state index is 8.24. The normalized spacial score (nSPS) is 20.9. The molecule has 0 bridgehead atoms. The van der Waals surface area contributed by atoms with Gasteiger partial charge < -0.3 is 14.5 Å². The third kappa shape index (κ3) is 3.19. The molecule has 0 spiro atoms. The first kappa shape index (κ1) is 13.5. The van der Waals surface area contributed by atoms with Crippen molar-refractivity contribution >= 4 is 5.84 Å². The fourth-order valence-electron chi connectivity index (χ4n) is 2.09. The summed E-state index contributed by atoms with van der Waals surface area (Å²) in [6.45, 7) is 10.3. The standard InChI is InChI=1S/C12H25N3O/c1-12(2,3)10(16-5)11(13)15-8-6-14(4)7-9-15/h10,13H,6-9H2,1-5H3. The van der Waals surface area contributed by atoms with Crippen LogP contribution in [0.15, 0.2) is 0 Å². The van der Waals surface area contributed by atoms with Crippen LogP contribution in [0.25, 0.3) is 0 Å². The third-order valence-electron chi connectivity index (χ3n) is 3.11. The first-order valence-corrected chi connectivity index (χ1v) is 5.91. The van der Waals surface area contributed by atoms with E-state index in [-0.39, 0.29) is 11.5 Å². The van der Waals surface area contributed by atoms with Crippen LogP contribution < -0.4 is 0 Å². The number of amidine groups is 1. The number of hydrogen-bond acceptors (Lipinski definition) is 3. The predicted molar refractivity (Wildman–Crippen MR) is 67.0 cm³/mol. The molecule has 1 unspecified atom stereocenters. The molecule has 1 N–H and O–H groups in total. The first-order chi connectivity index (χ1) is 7.36. The van der Waals surface area contributed by atoms with Crippen LogP contribution in [0.5, 0.6) is 0 Å². The lowest BCUT2D eigenvalue weighted by Gasteiger charge is -2.39. The summed E-state index contributed by atoms with van der Waals surface area (Å²) in [5, 5.41) is 8.24. The Hall–Kier alpha value is -0.610. The van der Waals surface area contributed by atoms with E-state index in [4.69, 9.17) is 10.1 Å². The van der Waals surface area contributed by atoms with Gasteiger partial charge in [0.2, 0.25) is 0 Å². The molecular weight excluding hydrogens is 202 g/mol. The molecule has 1 rings (SSSR count). The lowest BCUT2D eigenvalue weighted by atomic mass is 9.87. The van der Waals surface area contributed by atoms with Crippen LogP contribution in [-0.4, -0.2) is 62.1 Å². The Bertz CT molecular complexity index is 239. The van der Waals surface area contributed by atoms with Crippen LogP contribution >= 0.6 is 0 Å². The number of nitrogens with zero attached hydrogens (tertiary/aromatic N) is 2. The van der Waals surface area contributed by atoms with E-state index in [2.05, 4.69) is 37.6 Å². The molecule has 0 aromatic carbocycles. The third-order valence-corrected chi connectivity index (χ3v) is 3.11. The number of ether oxygens (including phenoxy) is 1. The minimum atomic E-state index is -0.115. The van der Waals surface area contributed by atoms with Gasteiger partial charge in [0.25, 0.3) is 0 Å². The number of likely N-dealkylation sites (N-methyl/N-ethyl adjacent to an activating group) is 1. The van der Waals surface area contributed by atoms with Crippen LogP contribution in [0, 0.1) is 10.8 Å². The average Bonchev–Trinajstić information content (AvgIpc) is 2.17. The zero-order chi connectivity index (χ0) is 12.3. The summed E-state index contributed by atoms with van der Waals surface area (Å²) in [7, 11) is 3.82. The zero-order valence-electron chi connectivity index (χ0n) is 11.2. The lowest BCUT2D eigenvalue weighted by Crippen LogP contribution is -2.52. The Kier molecular flexibility index (Phi) is 4.33. The van der Waals surface area contributed by atoms with Gasteiger partial charge in [-0.3, -0.25) is 5.41 Å². The average molecular weight is 227 g/mol. The van der Waals surface area contributed by atoms with Crippen molar-refractivity contribution in [1.82, 2.24) is 9.80 Å². The maximum atomic E-state index is 8.24. The number of piperazine rings is 1. The van der Waals surface area contributed by atoms with Crippen molar-refractivity contribution in [3.05, 3.63) is 0 Å². The van der Waals surface area contributed by atoms with Gasteiger partial charge in [-0.2, -0.15) is 0 Å². The molecular formula is C12H25N3O. The molecule has 0 saturated carbocycles. The molecule has 1 fully saturated rings. The monoisotopic (exact) mass is 227 g/mol. The second-order valence-corrected chi connectivity index (χ2v) is 5.66. The van der Waals surface area contributed by atoms with Crippen molar-refractivity contribution in [3.63, 3.8) is 0 Å². The van der Waals surface area contributed by atoms with Crippen LogP contribution in [0.3, 0.4) is 0 Å². The number of rotatable bonds is 2. The van der Waals surface area contributed by atoms with Crippen LogP contribution in [0.1, 0.15) is 20.8 Å². The fraction of sp³-hybridized carbons (Fsp3) is 0.917. The van der Waals surface area contributed by atoms with E-state index in [1.54, 1.807) is 7.11 Å². The van der Waals surface area contributed by atoms with Gasteiger partial charge in [0.15, 0.2) is 0 Å². The highest BCUT2D eigenvalue weighted by Gasteiger charge is 2.32. The number of nitrogens with one attached hydrogen (secondary N) is 1. The molecule has 0 aromatic rings. The van der Waals surface area contributed by atoms with Gasteiger partial charge in [0.05, 0.1) is 0 Å². The van der Waals surface area contributed by atoms with Crippen LogP contribution in [-0.2, 0) is 4.74 Å². The van der Waals surface area contributed by atoms with Gasteiger partial charge in [0, 0.05) is 33.3 Å². The first-order valence-electron chi connectivity index (χ1n) is 5.91. The van der Waals surface area contributed by atoms with E-state index >= 15 is 0 Å². The Balaban J connectivity index is 2.62. The van der Waals surface area contributed by atoms with E-state index < -0.39 is 0 Å². The summed E-state index contributed by atoms with van der Waals surface area (Å²) in [5.74, 6) is 0.628. The quantitative estimate of drug-likeness (QED) is 0.570. The molecule has 1 saturated heterocycles. The van der Waals surface area contributed by atoms with Crippen molar-refractivity contribution < 1.29 is 4.74 Å². The van der Waals surface area contributed by atoms with Crippen LogP contribution in [0.4, 0.5) is 0 Å². The molecule has 0 amide bonds. The van der Waals surface area contributed by atoms with Crippen LogP contribution in [0.2, 0.25) is 0 Å². The van der Waals surface area contributed by atoms with Crippen molar-refractivity contribution in [2.75, 3.05) is 40.3 Å². The van der Waals surface area contributed by atoms with E-state index in [0.717, 1.165) is 26.2 Å². The van der Waals surface area contributed by atoms with E-state index in [0.29, 0.717) is 5.84 Å². The van der Waals surface area contributed by atoms with E-state index in [1.165, 1.54) is 0 Å². The fourth-order valence-corrected chi connectivity index (χ4v) is 2.09. The van der Waals surface area contributed by atoms with E-state index in [9.17, 15) is 0 Å². The molecule has 0 aromatic heterocycles. The molecule has 0 aliphatic carbocycles. The van der Waals surface area contributed by atoms with Crippen molar-refractivity contribution in [2.45, 2.75) is 26.9 Å². The molecule has 1 aliphatic heterocycles. The number of methoxy groups -OCH3 is 1.